The molecule has 1 unspecified atom stereocenters. The molecule has 3 heterocycles. The highest BCUT2D eigenvalue weighted by atomic mass is 35.5. The number of anilines is 1. The second-order valence-corrected chi connectivity index (χ2v) is 8.11. The molecule has 0 bridgehead atoms. The van der Waals surface area contributed by atoms with E-state index in [-0.39, 0.29) is 6.04 Å². The van der Waals surface area contributed by atoms with Crippen LogP contribution in [0.25, 0.3) is 0 Å². The maximum atomic E-state index is 6.35. The summed E-state index contributed by atoms with van der Waals surface area (Å²) in [6.45, 7) is 12.2. The third-order valence-corrected chi connectivity index (χ3v) is 6.30. The lowest BCUT2D eigenvalue weighted by Crippen LogP contribution is -2.36. The molecule has 5 nitrogen and oxygen atoms in total. The van der Waals surface area contributed by atoms with Gasteiger partial charge in [0.05, 0.1) is 28.9 Å². The highest BCUT2D eigenvalue weighted by Gasteiger charge is 2.35. The molecule has 1 aromatic carbocycles. The van der Waals surface area contributed by atoms with Crippen LogP contribution in [0.5, 0.6) is 0 Å². The van der Waals surface area contributed by atoms with E-state index in [1.807, 2.05) is 42.8 Å². The molecular formula is C23H30Cl2N4O. The van der Waals surface area contributed by atoms with Crippen molar-refractivity contribution in [3.8, 4) is 0 Å². The first-order valence-corrected chi connectivity index (χ1v) is 11.2. The summed E-state index contributed by atoms with van der Waals surface area (Å²) in [4.78, 5) is 2.36. The number of fused-ring (bicyclic) bond motifs is 1. The molecule has 0 aliphatic carbocycles. The molecule has 0 saturated carbocycles. The number of allylic oxidation sites excluding steroid dienone is 2. The Bertz CT molecular complexity index is 937. The molecule has 1 saturated heterocycles. The van der Waals surface area contributed by atoms with E-state index in [1.54, 1.807) is 13.3 Å². The fraction of sp³-hybridized carbons (Fsp3) is 0.435. The van der Waals surface area contributed by atoms with E-state index in [9.17, 15) is 0 Å². The highest BCUT2D eigenvalue weighted by molar-refractivity contribution is 6.42. The fourth-order valence-electron chi connectivity index (χ4n) is 4.28. The topological polar surface area (TPSA) is 42.3 Å². The third-order valence-electron chi connectivity index (χ3n) is 5.56. The number of hydrogen-bond donors (Lipinski definition) is 1. The van der Waals surface area contributed by atoms with Crippen LogP contribution >= 0.6 is 23.2 Å². The van der Waals surface area contributed by atoms with E-state index in [2.05, 4.69) is 28.8 Å². The van der Waals surface area contributed by atoms with Crippen LogP contribution in [0.2, 0.25) is 10.0 Å². The van der Waals surface area contributed by atoms with Crippen molar-refractivity contribution in [3.63, 3.8) is 0 Å². The summed E-state index contributed by atoms with van der Waals surface area (Å²) < 4.78 is 7.42. The van der Waals surface area contributed by atoms with Crippen LogP contribution in [-0.4, -0.2) is 41.0 Å². The zero-order chi connectivity index (χ0) is 21.8. The zero-order valence-corrected chi connectivity index (χ0v) is 19.6. The van der Waals surface area contributed by atoms with Gasteiger partial charge in [-0.05, 0) is 37.5 Å². The molecule has 2 aliphatic rings. The van der Waals surface area contributed by atoms with Crippen LogP contribution in [0.4, 0.5) is 5.82 Å². The van der Waals surface area contributed by atoms with Crippen LogP contribution in [0.3, 0.4) is 0 Å². The van der Waals surface area contributed by atoms with Crippen molar-refractivity contribution >= 4 is 29.0 Å². The number of methoxy groups -OCH3 is 1. The molecule has 0 amide bonds. The molecule has 2 aromatic rings. The van der Waals surface area contributed by atoms with Crippen LogP contribution in [0.15, 0.2) is 54.0 Å². The lowest BCUT2D eigenvalue weighted by atomic mass is 9.92. The van der Waals surface area contributed by atoms with Crippen molar-refractivity contribution in [2.45, 2.75) is 45.7 Å². The third kappa shape index (κ3) is 4.25. The summed E-state index contributed by atoms with van der Waals surface area (Å²) in [6.07, 6.45) is 4.05. The largest absolute Gasteiger partial charge is 0.383 e. The minimum absolute atomic E-state index is 0.127. The molecule has 2 atom stereocenters. The zero-order valence-electron chi connectivity index (χ0n) is 18.1. The van der Waals surface area contributed by atoms with Crippen LogP contribution in [0, 0.1) is 0 Å². The van der Waals surface area contributed by atoms with Gasteiger partial charge in [0.1, 0.15) is 11.9 Å². The van der Waals surface area contributed by atoms with Crippen molar-refractivity contribution in [3.05, 3.63) is 69.6 Å². The van der Waals surface area contributed by atoms with Gasteiger partial charge in [0.25, 0.3) is 0 Å². The van der Waals surface area contributed by atoms with Gasteiger partial charge in [0.15, 0.2) is 0 Å². The van der Waals surface area contributed by atoms with E-state index < -0.39 is 0 Å². The average molecular weight is 449 g/mol. The maximum Gasteiger partial charge on any atom is 0.129 e. The number of hydrogen-bond acceptors (Lipinski definition) is 4. The molecule has 4 rings (SSSR count). The molecule has 1 aromatic heterocycles. The number of ether oxygens (including phenoxy) is 1. The first-order valence-electron chi connectivity index (χ1n) is 10.4. The number of halogens is 2. The lowest BCUT2D eigenvalue weighted by molar-refractivity contribution is 0.133. The number of nitrogens with zero attached hydrogens (tertiary/aromatic N) is 3. The van der Waals surface area contributed by atoms with Crippen LogP contribution in [-0.2, 0) is 4.74 Å². The Morgan fingerprint density at radius 3 is 2.73 bits per heavy atom. The number of benzene rings is 1. The lowest BCUT2D eigenvalue weighted by Gasteiger charge is -2.37. The predicted octanol–water partition coefficient (Wildman–Crippen LogP) is 6.13. The van der Waals surface area contributed by atoms with Gasteiger partial charge in [-0.1, -0.05) is 49.7 Å². The quantitative estimate of drug-likeness (QED) is 0.596. The molecule has 0 spiro atoms. The molecule has 30 heavy (non-hydrogen) atoms. The van der Waals surface area contributed by atoms with E-state index in [0.717, 1.165) is 47.7 Å². The van der Waals surface area contributed by atoms with Crippen molar-refractivity contribution < 1.29 is 4.74 Å². The van der Waals surface area contributed by atoms with Gasteiger partial charge in [-0.25, -0.2) is 4.68 Å². The van der Waals surface area contributed by atoms with E-state index in [4.69, 9.17) is 27.9 Å². The van der Waals surface area contributed by atoms with Gasteiger partial charge in [0, 0.05) is 36.7 Å². The standard InChI is InChI=1S/C21H24Cl2N4O.C2H6/c1-13-20(14(2)26-10-4-5-16(26)12-28-3)21(27-19(25-13)8-9-24-27)15-6-7-17(22)18(23)11-15;1-2/h6-9,11,16,21,25H,2,4-5,10,12H2,1,3H3;1-2H3/t16-,21?;/m1./s1. The van der Waals surface area contributed by atoms with E-state index >= 15 is 0 Å². The molecule has 1 N–H and O–H groups in total. The average Bonchev–Trinajstić information content (AvgIpc) is 3.40. The molecule has 0 radical (unpaired) electrons. The van der Waals surface area contributed by atoms with Crippen LogP contribution in [0.1, 0.15) is 45.2 Å². The summed E-state index contributed by atoms with van der Waals surface area (Å²) in [7, 11) is 1.75. The van der Waals surface area contributed by atoms with Crippen LogP contribution < -0.4 is 5.32 Å². The second kappa shape index (κ2) is 9.90. The molecular weight excluding hydrogens is 419 g/mol. The Kier molecular flexibility index (Phi) is 7.50. The summed E-state index contributed by atoms with van der Waals surface area (Å²) in [6, 6.07) is 7.94. The normalized spacial score (nSPS) is 20.4. The Hall–Kier alpha value is -1.95. The van der Waals surface area contributed by atoms with Gasteiger partial charge in [-0.15, -0.1) is 0 Å². The SMILES string of the molecule is C=C(C1=C(C)Nc2ccnn2C1c1ccc(Cl)c(Cl)c1)N1CCC[C@@H]1COC.CC. The Morgan fingerprint density at radius 1 is 1.27 bits per heavy atom. The van der Waals surface area contributed by atoms with Crippen molar-refractivity contribution in [2.24, 2.45) is 0 Å². The number of likely N-dealkylation sites (tertiary alicyclic amines) is 1. The Labute approximate surface area is 189 Å². The van der Waals surface area contributed by atoms with Gasteiger partial charge in [-0.2, -0.15) is 5.10 Å². The molecule has 2 aliphatic heterocycles. The van der Waals surface area contributed by atoms with Gasteiger partial charge in [-0.3, -0.25) is 0 Å². The first kappa shape index (κ1) is 22.7. The predicted molar refractivity (Wildman–Crippen MR) is 125 cm³/mol. The number of aromatic nitrogens is 2. The van der Waals surface area contributed by atoms with E-state index in [1.165, 1.54) is 0 Å². The summed E-state index contributed by atoms with van der Waals surface area (Å²) in [5.41, 5.74) is 4.20. The van der Waals surface area contributed by atoms with E-state index in [0.29, 0.717) is 22.7 Å². The number of rotatable bonds is 5. The van der Waals surface area contributed by atoms with Gasteiger partial charge < -0.3 is 15.0 Å². The highest BCUT2D eigenvalue weighted by Crippen LogP contribution is 2.42. The number of nitrogens with one attached hydrogen (secondary N) is 1. The molecule has 162 valence electrons. The van der Waals surface area contributed by atoms with Gasteiger partial charge in [0.2, 0.25) is 0 Å². The van der Waals surface area contributed by atoms with Gasteiger partial charge >= 0.3 is 0 Å². The maximum absolute atomic E-state index is 6.35. The smallest absolute Gasteiger partial charge is 0.129 e. The summed E-state index contributed by atoms with van der Waals surface area (Å²) in [5.74, 6) is 0.944. The monoisotopic (exact) mass is 448 g/mol. The summed E-state index contributed by atoms with van der Waals surface area (Å²) in [5, 5.41) is 9.12. The fourth-order valence-corrected chi connectivity index (χ4v) is 4.59. The Morgan fingerprint density at radius 2 is 2.03 bits per heavy atom. The van der Waals surface area contributed by atoms with Crippen molar-refractivity contribution in [1.82, 2.24) is 14.7 Å². The Balaban J connectivity index is 0.00000124. The van der Waals surface area contributed by atoms with Crippen molar-refractivity contribution in [2.75, 3.05) is 25.6 Å². The minimum Gasteiger partial charge on any atom is -0.383 e. The molecule has 7 heteroatoms. The van der Waals surface area contributed by atoms with Crippen molar-refractivity contribution in [1.29, 1.82) is 0 Å². The molecule has 1 fully saturated rings. The second-order valence-electron chi connectivity index (χ2n) is 7.29. The summed E-state index contributed by atoms with van der Waals surface area (Å²) >= 11 is 12.5. The first-order chi connectivity index (χ1) is 14.5. The minimum atomic E-state index is -0.127.